The largest absolute Gasteiger partial charge is 0.382 e. The number of nitrogens with zero attached hydrogens (tertiary/aromatic N) is 1. The SMILES string of the molecule is CCNC(=O)CCNc1cn[nH]c(=O)c1Br. The van der Waals surface area contributed by atoms with E-state index in [4.69, 9.17) is 0 Å². The molecule has 0 radical (unpaired) electrons. The first-order valence-corrected chi connectivity index (χ1v) is 5.68. The van der Waals surface area contributed by atoms with Gasteiger partial charge >= 0.3 is 0 Å². The highest BCUT2D eigenvalue weighted by atomic mass is 79.9. The number of carbonyl (C=O) groups excluding carboxylic acids is 1. The first kappa shape index (κ1) is 12.7. The van der Waals surface area contributed by atoms with Crippen molar-refractivity contribution in [3.8, 4) is 0 Å². The number of halogens is 1. The van der Waals surface area contributed by atoms with Crippen molar-refractivity contribution >= 4 is 27.5 Å². The molecule has 1 heterocycles. The molecule has 0 aliphatic carbocycles. The number of rotatable bonds is 5. The number of aromatic nitrogens is 2. The zero-order valence-electron chi connectivity index (χ0n) is 8.84. The van der Waals surface area contributed by atoms with Crippen LogP contribution in [0.1, 0.15) is 13.3 Å². The summed E-state index contributed by atoms with van der Waals surface area (Å²) < 4.78 is 0.387. The van der Waals surface area contributed by atoms with E-state index >= 15 is 0 Å². The van der Waals surface area contributed by atoms with Crippen LogP contribution in [0.5, 0.6) is 0 Å². The molecule has 1 rings (SSSR count). The first-order chi connectivity index (χ1) is 7.65. The van der Waals surface area contributed by atoms with Gasteiger partial charge in [-0.1, -0.05) is 0 Å². The van der Waals surface area contributed by atoms with E-state index in [2.05, 4.69) is 36.8 Å². The Labute approximate surface area is 101 Å². The first-order valence-electron chi connectivity index (χ1n) is 4.89. The van der Waals surface area contributed by atoms with Gasteiger partial charge in [-0.05, 0) is 22.9 Å². The van der Waals surface area contributed by atoms with Crippen LogP contribution >= 0.6 is 15.9 Å². The molecule has 0 unspecified atom stereocenters. The van der Waals surface area contributed by atoms with Crippen LogP contribution in [-0.4, -0.2) is 29.2 Å². The molecule has 0 aliphatic rings. The molecule has 1 aromatic rings. The Morgan fingerprint density at radius 1 is 1.62 bits per heavy atom. The standard InChI is InChI=1S/C9H13BrN4O2/c1-2-11-7(15)3-4-12-6-5-13-14-9(16)8(6)10/h5H,2-4H2,1H3,(H,11,15)(H2,12,14,16). The Bertz CT molecular complexity index is 418. The van der Waals surface area contributed by atoms with Crippen LogP contribution < -0.4 is 16.2 Å². The maximum Gasteiger partial charge on any atom is 0.280 e. The molecule has 88 valence electrons. The Kier molecular flexibility index (Phi) is 4.97. The molecular formula is C9H13BrN4O2. The summed E-state index contributed by atoms with van der Waals surface area (Å²) in [7, 11) is 0. The second kappa shape index (κ2) is 6.26. The molecule has 0 saturated carbocycles. The molecular weight excluding hydrogens is 276 g/mol. The summed E-state index contributed by atoms with van der Waals surface area (Å²) in [5.41, 5.74) is 0.274. The summed E-state index contributed by atoms with van der Waals surface area (Å²) in [6.07, 6.45) is 1.84. The highest BCUT2D eigenvalue weighted by molar-refractivity contribution is 9.10. The molecule has 0 aliphatic heterocycles. The van der Waals surface area contributed by atoms with Crippen molar-refractivity contribution in [3.05, 3.63) is 21.0 Å². The maximum atomic E-state index is 11.2. The van der Waals surface area contributed by atoms with Crippen LogP contribution in [-0.2, 0) is 4.79 Å². The summed E-state index contributed by atoms with van der Waals surface area (Å²) in [5, 5.41) is 11.6. The van der Waals surface area contributed by atoms with Crippen molar-refractivity contribution in [1.82, 2.24) is 15.5 Å². The Morgan fingerprint density at radius 3 is 3.06 bits per heavy atom. The normalized spacial score (nSPS) is 9.88. The average molecular weight is 289 g/mol. The maximum absolute atomic E-state index is 11.2. The number of aromatic amines is 1. The van der Waals surface area contributed by atoms with Crippen LogP contribution in [0.15, 0.2) is 15.5 Å². The Morgan fingerprint density at radius 2 is 2.38 bits per heavy atom. The van der Waals surface area contributed by atoms with Crippen LogP contribution in [0.4, 0.5) is 5.69 Å². The van der Waals surface area contributed by atoms with Crippen LogP contribution in [0.25, 0.3) is 0 Å². The molecule has 16 heavy (non-hydrogen) atoms. The average Bonchev–Trinajstić information content (AvgIpc) is 2.25. The minimum Gasteiger partial charge on any atom is -0.382 e. The molecule has 0 spiro atoms. The van der Waals surface area contributed by atoms with Gasteiger partial charge in [0.1, 0.15) is 4.47 Å². The van der Waals surface area contributed by atoms with Crippen molar-refractivity contribution in [2.45, 2.75) is 13.3 Å². The van der Waals surface area contributed by atoms with E-state index < -0.39 is 0 Å². The molecule has 0 bridgehead atoms. The van der Waals surface area contributed by atoms with Gasteiger partial charge in [-0.15, -0.1) is 0 Å². The Balaban J connectivity index is 2.46. The second-order valence-corrected chi connectivity index (χ2v) is 3.85. The fraction of sp³-hybridized carbons (Fsp3) is 0.444. The Hall–Kier alpha value is -1.37. The zero-order chi connectivity index (χ0) is 12.0. The van der Waals surface area contributed by atoms with E-state index in [1.807, 2.05) is 6.92 Å². The fourth-order valence-corrected chi connectivity index (χ4v) is 1.43. The van der Waals surface area contributed by atoms with E-state index in [-0.39, 0.29) is 11.5 Å². The number of hydrogen-bond acceptors (Lipinski definition) is 4. The summed E-state index contributed by atoms with van der Waals surface area (Å²) >= 11 is 3.13. The van der Waals surface area contributed by atoms with E-state index in [1.165, 1.54) is 6.20 Å². The van der Waals surface area contributed by atoms with E-state index in [1.54, 1.807) is 0 Å². The van der Waals surface area contributed by atoms with E-state index in [9.17, 15) is 9.59 Å². The topological polar surface area (TPSA) is 86.9 Å². The summed E-state index contributed by atoms with van der Waals surface area (Å²) in [6, 6.07) is 0. The minimum absolute atomic E-state index is 0.0241. The van der Waals surface area contributed by atoms with Gasteiger partial charge in [0.05, 0.1) is 11.9 Å². The lowest BCUT2D eigenvalue weighted by atomic mass is 10.3. The van der Waals surface area contributed by atoms with Gasteiger partial charge in [-0.25, -0.2) is 5.10 Å². The molecule has 6 nitrogen and oxygen atoms in total. The summed E-state index contributed by atoms with van der Waals surface area (Å²) in [6.45, 7) is 2.94. The molecule has 0 aromatic carbocycles. The predicted molar refractivity (Wildman–Crippen MR) is 64.3 cm³/mol. The number of anilines is 1. The minimum atomic E-state index is -0.303. The van der Waals surface area contributed by atoms with Crippen LogP contribution in [0, 0.1) is 0 Å². The highest BCUT2D eigenvalue weighted by Gasteiger charge is 2.04. The lowest BCUT2D eigenvalue weighted by molar-refractivity contribution is -0.120. The molecule has 0 atom stereocenters. The van der Waals surface area contributed by atoms with E-state index in [0.717, 1.165) is 0 Å². The number of amides is 1. The lowest BCUT2D eigenvalue weighted by Gasteiger charge is -2.06. The third kappa shape index (κ3) is 3.65. The molecule has 1 aromatic heterocycles. The molecule has 0 fully saturated rings. The third-order valence-corrected chi connectivity index (χ3v) is 2.62. The van der Waals surface area contributed by atoms with Crippen molar-refractivity contribution in [3.63, 3.8) is 0 Å². The van der Waals surface area contributed by atoms with E-state index in [0.29, 0.717) is 29.7 Å². The van der Waals surface area contributed by atoms with Crippen molar-refractivity contribution < 1.29 is 4.79 Å². The third-order valence-electron chi connectivity index (χ3n) is 1.84. The second-order valence-electron chi connectivity index (χ2n) is 3.06. The molecule has 0 saturated heterocycles. The van der Waals surface area contributed by atoms with Gasteiger partial charge in [0.25, 0.3) is 5.56 Å². The fourth-order valence-electron chi connectivity index (χ4n) is 1.10. The number of hydrogen-bond donors (Lipinski definition) is 3. The van der Waals surface area contributed by atoms with Crippen molar-refractivity contribution in [1.29, 1.82) is 0 Å². The van der Waals surface area contributed by atoms with Gasteiger partial charge in [0, 0.05) is 19.5 Å². The highest BCUT2D eigenvalue weighted by Crippen LogP contribution is 2.14. The lowest BCUT2D eigenvalue weighted by Crippen LogP contribution is -2.25. The van der Waals surface area contributed by atoms with Gasteiger partial charge in [0.2, 0.25) is 5.91 Å². The van der Waals surface area contributed by atoms with Gasteiger partial charge in [0.15, 0.2) is 0 Å². The predicted octanol–water partition coefficient (Wildman–Crippen LogP) is 0.470. The molecule has 7 heteroatoms. The zero-order valence-corrected chi connectivity index (χ0v) is 10.4. The monoisotopic (exact) mass is 288 g/mol. The summed E-state index contributed by atoms with van der Waals surface area (Å²) in [5.74, 6) is -0.0241. The number of nitrogens with one attached hydrogen (secondary N) is 3. The number of H-pyrrole nitrogens is 1. The van der Waals surface area contributed by atoms with Gasteiger partial charge in [-0.2, -0.15) is 5.10 Å². The van der Waals surface area contributed by atoms with Crippen LogP contribution in [0.2, 0.25) is 0 Å². The van der Waals surface area contributed by atoms with Crippen LogP contribution in [0.3, 0.4) is 0 Å². The molecule has 3 N–H and O–H groups in total. The van der Waals surface area contributed by atoms with Crippen molar-refractivity contribution in [2.24, 2.45) is 0 Å². The van der Waals surface area contributed by atoms with Crippen molar-refractivity contribution in [2.75, 3.05) is 18.4 Å². The van der Waals surface area contributed by atoms with Gasteiger partial charge < -0.3 is 10.6 Å². The van der Waals surface area contributed by atoms with Gasteiger partial charge in [-0.3, -0.25) is 9.59 Å². The summed E-state index contributed by atoms with van der Waals surface area (Å²) in [4.78, 5) is 22.3. The quantitative estimate of drug-likeness (QED) is 0.735. The molecule has 1 amide bonds. The smallest absolute Gasteiger partial charge is 0.280 e. The number of carbonyl (C=O) groups is 1.